The predicted molar refractivity (Wildman–Crippen MR) is 85.3 cm³/mol. The first-order valence-corrected chi connectivity index (χ1v) is 8.23. The Morgan fingerprint density at radius 1 is 1.10 bits per heavy atom. The van der Waals surface area contributed by atoms with Crippen molar-refractivity contribution in [2.75, 3.05) is 10.5 Å². The fraction of sp³-hybridized carbons (Fsp3) is 0.143. The summed E-state index contributed by atoms with van der Waals surface area (Å²) in [6.07, 6.45) is 0. The molecule has 2 aromatic rings. The second-order valence-corrected chi connectivity index (χ2v) is 7.04. The van der Waals surface area contributed by atoms with Gasteiger partial charge in [0, 0.05) is 10.2 Å². The van der Waals surface area contributed by atoms with Gasteiger partial charge in [-0.1, -0.05) is 34.1 Å². The van der Waals surface area contributed by atoms with Crippen molar-refractivity contribution in [1.82, 2.24) is 0 Å². The van der Waals surface area contributed by atoms with Crippen molar-refractivity contribution >= 4 is 37.3 Å². The molecular formula is C14H15BrN2O2S. The molecule has 4 nitrogen and oxygen atoms in total. The first-order chi connectivity index (χ1) is 9.31. The topological polar surface area (TPSA) is 72.2 Å². The Kier molecular flexibility index (Phi) is 4.06. The van der Waals surface area contributed by atoms with Crippen molar-refractivity contribution in [1.29, 1.82) is 0 Å². The first kappa shape index (κ1) is 14.9. The molecule has 2 rings (SSSR count). The molecule has 2 aromatic carbocycles. The summed E-state index contributed by atoms with van der Waals surface area (Å²) in [5.41, 5.74) is 8.16. The number of hydrogen-bond acceptors (Lipinski definition) is 3. The number of aryl methyl sites for hydroxylation is 2. The molecule has 0 heterocycles. The third-order valence-electron chi connectivity index (χ3n) is 2.94. The first-order valence-electron chi connectivity index (χ1n) is 5.95. The van der Waals surface area contributed by atoms with E-state index in [0.29, 0.717) is 11.3 Å². The van der Waals surface area contributed by atoms with Crippen molar-refractivity contribution in [3.63, 3.8) is 0 Å². The van der Waals surface area contributed by atoms with Crippen LogP contribution in [0.15, 0.2) is 45.8 Å². The van der Waals surface area contributed by atoms with Gasteiger partial charge in [0.25, 0.3) is 10.0 Å². The van der Waals surface area contributed by atoms with Crippen LogP contribution in [0.5, 0.6) is 0 Å². The lowest BCUT2D eigenvalue weighted by Gasteiger charge is -2.13. The molecule has 0 fully saturated rings. The van der Waals surface area contributed by atoms with Gasteiger partial charge in [0.15, 0.2) is 0 Å². The standard InChI is InChI=1S/C14H15BrN2O2S/c1-9-6-7-11(8-12(9)15)17-20(18,19)14-10(2)4-3-5-13(14)16/h3-8,17H,16H2,1-2H3. The molecule has 6 heteroatoms. The lowest BCUT2D eigenvalue weighted by atomic mass is 10.2. The SMILES string of the molecule is Cc1ccc(NS(=O)(=O)c2c(C)cccc2N)cc1Br. The van der Waals surface area contributed by atoms with Gasteiger partial charge in [-0.05, 0) is 43.2 Å². The zero-order valence-electron chi connectivity index (χ0n) is 11.1. The third kappa shape index (κ3) is 2.96. The highest BCUT2D eigenvalue weighted by atomic mass is 79.9. The van der Waals surface area contributed by atoms with E-state index < -0.39 is 10.0 Å². The monoisotopic (exact) mass is 354 g/mol. The Morgan fingerprint density at radius 3 is 2.40 bits per heavy atom. The lowest BCUT2D eigenvalue weighted by Crippen LogP contribution is -2.16. The molecule has 3 N–H and O–H groups in total. The van der Waals surface area contributed by atoms with Crippen LogP contribution >= 0.6 is 15.9 Å². The highest BCUT2D eigenvalue weighted by Gasteiger charge is 2.20. The van der Waals surface area contributed by atoms with E-state index in [1.54, 1.807) is 37.3 Å². The van der Waals surface area contributed by atoms with Gasteiger partial charge < -0.3 is 5.73 Å². The van der Waals surface area contributed by atoms with Gasteiger partial charge >= 0.3 is 0 Å². The van der Waals surface area contributed by atoms with Crippen LogP contribution in [-0.2, 0) is 10.0 Å². The number of rotatable bonds is 3. The van der Waals surface area contributed by atoms with E-state index in [4.69, 9.17) is 5.73 Å². The molecule has 0 amide bonds. The van der Waals surface area contributed by atoms with Crippen molar-refractivity contribution in [2.45, 2.75) is 18.7 Å². The summed E-state index contributed by atoms with van der Waals surface area (Å²) in [5.74, 6) is 0. The molecule has 0 aliphatic carbocycles. The summed E-state index contributed by atoms with van der Waals surface area (Å²) in [6, 6.07) is 10.3. The van der Waals surface area contributed by atoms with E-state index in [-0.39, 0.29) is 10.6 Å². The zero-order valence-corrected chi connectivity index (χ0v) is 13.5. The second-order valence-electron chi connectivity index (χ2n) is 4.56. The maximum absolute atomic E-state index is 12.4. The van der Waals surface area contributed by atoms with Crippen molar-refractivity contribution in [3.8, 4) is 0 Å². The summed E-state index contributed by atoms with van der Waals surface area (Å²) in [5, 5.41) is 0. The molecule has 0 aliphatic rings. The molecule has 0 bridgehead atoms. The molecule has 0 atom stereocenters. The van der Waals surface area contributed by atoms with Gasteiger partial charge in [-0.3, -0.25) is 4.72 Å². The average molecular weight is 355 g/mol. The van der Waals surface area contributed by atoms with Crippen LogP contribution in [0.25, 0.3) is 0 Å². The molecule has 106 valence electrons. The summed E-state index contributed by atoms with van der Waals surface area (Å²) in [7, 11) is -3.70. The van der Waals surface area contributed by atoms with Crippen LogP contribution in [0.2, 0.25) is 0 Å². The number of nitrogen functional groups attached to an aromatic ring is 1. The lowest BCUT2D eigenvalue weighted by molar-refractivity contribution is 0.601. The molecular weight excluding hydrogens is 340 g/mol. The van der Waals surface area contributed by atoms with Crippen molar-refractivity contribution < 1.29 is 8.42 Å². The quantitative estimate of drug-likeness (QED) is 0.829. The van der Waals surface area contributed by atoms with Crippen LogP contribution in [-0.4, -0.2) is 8.42 Å². The number of nitrogens with one attached hydrogen (secondary N) is 1. The van der Waals surface area contributed by atoms with Crippen LogP contribution in [0.4, 0.5) is 11.4 Å². The number of halogens is 1. The number of anilines is 2. The van der Waals surface area contributed by atoms with E-state index >= 15 is 0 Å². The average Bonchev–Trinajstić information content (AvgIpc) is 2.33. The molecule has 0 aromatic heterocycles. The summed E-state index contributed by atoms with van der Waals surface area (Å²) in [4.78, 5) is 0.122. The Labute approximate surface area is 127 Å². The highest BCUT2D eigenvalue weighted by molar-refractivity contribution is 9.10. The summed E-state index contributed by atoms with van der Waals surface area (Å²) >= 11 is 3.38. The van der Waals surface area contributed by atoms with E-state index in [2.05, 4.69) is 20.7 Å². The van der Waals surface area contributed by atoms with Gasteiger partial charge in [-0.2, -0.15) is 0 Å². The molecule has 0 spiro atoms. The number of nitrogens with two attached hydrogens (primary N) is 1. The third-order valence-corrected chi connectivity index (χ3v) is 5.39. The largest absolute Gasteiger partial charge is 0.398 e. The maximum atomic E-state index is 12.4. The summed E-state index contributed by atoms with van der Waals surface area (Å²) in [6.45, 7) is 3.65. The minimum atomic E-state index is -3.70. The Bertz CT molecular complexity index is 738. The van der Waals surface area contributed by atoms with Crippen LogP contribution in [0.3, 0.4) is 0 Å². The van der Waals surface area contributed by atoms with Crippen LogP contribution < -0.4 is 10.5 Å². The van der Waals surface area contributed by atoms with E-state index in [1.807, 2.05) is 13.0 Å². The number of hydrogen-bond donors (Lipinski definition) is 2. The van der Waals surface area contributed by atoms with Gasteiger partial charge in [0.2, 0.25) is 0 Å². The predicted octanol–water partition coefficient (Wildman–Crippen LogP) is 3.45. The minimum Gasteiger partial charge on any atom is -0.398 e. The molecule has 0 saturated carbocycles. The van der Waals surface area contributed by atoms with Gasteiger partial charge in [-0.25, -0.2) is 8.42 Å². The van der Waals surface area contributed by atoms with E-state index in [0.717, 1.165) is 10.0 Å². The second kappa shape index (κ2) is 5.46. The van der Waals surface area contributed by atoms with E-state index in [9.17, 15) is 8.42 Å². The molecule has 0 saturated heterocycles. The normalized spacial score (nSPS) is 11.3. The Hall–Kier alpha value is -1.53. The fourth-order valence-corrected chi connectivity index (χ4v) is 3.69. The number of sulfonamides is 1. The van der Waals surface area contributed by atoms with Gasteiger partial charge in [0.1, 0.15) is 4.90 Å². The highest BCUT2D eigenvalue weighted by Crippen LogP contribution is 2.27. The van der Waals surface area contributed by atoms with Gasteiger partial charge in [-0.15, -0.1) is 0 Å². The molecule has 0 radical (unpaired) electrons. The molecule has 20 heavy (non-hydrogen) atoms. The molecule has 0 unspecified atom stereocenters. The maximum Gasteiger partial charge on any atom is 0.264 e. The fourth-order valence-electron chi connectivity index (χ4n) is 1.90. The summed E-state index contributed by atoms with van der Waals surface area (Å²) < 4.78 is 28.3. The van der Waals surface area contributed by atoms with Crippen molar-refractivity contribution in [3.05, 3.63) is 52.0 Å². The van der Waals surface area contributed by atoms with Crippen LogP contribution in [0, 0.1) is 13.8 Å². The molecule has 0 aliphatic heterocycles. The van der Waals surface area contributed by atoms with Gasteiger partial charge in [0.05, 0.1) is 5.69 Å². The minimum absolute atomic E-state index is 0.122. The number of benzene rings is 2. The Balaban J connectivity index is 2.43. The van der Waals surface area contributed by atoms with E-state index in [1.165, 1.54) is 0 Å². The smallest absolute Gasteiger partial charge is 0.264 e. The zero-order chi connectivity index (χ0) is 14.9. The Morgan fingerprint density at radius 2 is 1.80 bits per heavy atom. The van der Waals surface area contributed by atoms with Crippen LogP contribution in [0.1, 0.15) is 11.1 Å². The van der Waals surface area contributed by atoms with Crippen molar-refractivity contribution in [2.24, 2.45) is 0 Å².